The number of nitrogens with zero attached hydrogens (tertiary/aromatic N) is 4. The van der Waals surface area contributed by atoms with Crippen molar-refractivity contribution in [2.24, 2.45) is 0 Å². The maximum Gasteiger partial charge on any atom is 0.263 e. The molecule has 0 bridgehead atoms. The van der Waals surface area contributed by atoms with Crippen molar-refractivity contribution in [2.75, 3.05) is 62.3 Å². The third-order valence-electron chi connectivity index (χ3n) is 8.68. The van der Waals surface area contributed by atoms with Crippen molar-refractivity contribution in [3.05, 3.63) is 66.7 Å². The second-order valence-electron chi connectivity index (χ2n) is 11.9. The fraction of sp³-hybridized carbons (Fsp3) is 0.382. The number of likely N-dealkylation sites (tertiary alicyclic amines) is 2. The van der Waals surface area contributed by atoms with Crippen molar-refractivity contribution < 1.29 is 22.7 Å². The second-order valence-corrected chi connectivity index (χ2v) is 13.6. The molecule has 1 amide bonds. The number of benzene rings is 3. The van der Waals surface area contributed by atoms with E-state index in [1.807, 2.05) is 6.07 Å². The van der Waals surface area contributed by atoms with Crippen LogP contribution in [0, 0.1) is 0 Å². The third-order valence-corrected chi connectivity index (χ3v) is 10.0. The molecule has 0 unspecified atom stereocenters. The first-order chi connectivity index (χ1) is 22.8. The Labute approximate surface area is 275 Å². The Morgan fingerprint density at radius 3 is 2.13 bits per heavy atom. The number of para-hydroxylation sites is 2. The number of rotatable bonds is 11. The molecule has 2 aliphatic rings. The van der Waals surface area contributed by atoms with Gasteiger partial charge in [0.05, 0.1) is 36.7 Å². The molecule has 47 heavy (non-hydrogen) atoms. The largest absolute Gasteiger partial charge is 0.497 e. The van der Waals surface area contributed by atoms with Crippen molar-refractivity contribution >= 4 is 50.0 Å². The molecule has 3 N–H and O–H groups in total. The van der Waals surface area contributed by atoms with Crippen molar-refractivity contribution in [2.45, 2.75) is 43.0 Å². The number of piperidine rings is 2. The molecule has 12 nitrogen and oxygen atoms in total. The van der Waals surface area contributed by atoms with Crippen LogP contribution in [0.4, 0.5) is 23.0 Å². The van der Waals surface area contributed by atoms with Crippen LogP contribution >= 0.6 is 0 Å². The number of ether oxygens (including phenoxy) is 2. The number of amides is 1. The average molecular weight is 660 g/mol. The molecule has 0 radical (unpaired) electrons. The molecule has 3 aromatic carbocycles. The van der Waals surface area contributed by atoms with Crippen LogP contribution in [-0.4, -0.2) is 87.1 Å². The monoisotopic (exact) mass is 659 g/mol. The summed E-state index contributed by atoms with van der Waals surface area (Å²) in [6.45, 7) is 4.37. The Morgan fingerprint density at radius 1 is 0.809 bits per heavy atom. The molecule has 0 spiro atoms. The highest BCUT2D eigenvalue weighted by Crippen LogP contribution is 2.32. The van der Waals surface area contributed by atoms with E-state index in [1.54, 1.807) is 62.8 Å². The Kier molecular flexibility index (Phi) is 10.0. The molecule has 1 aromatic heterocycles. The van der Waals surface area contributed by atoms with E-state index < -0.39 is 10.0 Å². The summed E-state index contributed by atoms with van der Waals surface area (Å²) in [6, 6.07) is 19.2. The van der Waals surface area contributed by atoms with E-state index in [2.05, 4.69) is 35.1 Å². The second kappa shape index (κ2) is 14.5. The number of sulfonamides is 1. The summed E-state index contributed by atoms with van der Waals surface area (Å²) in [5.74, 6) is 1.11. The number of fused-ring (bicyclic) bond motifs is 1. The van der Waals surface area contributed by atoms with Gasteiger partial charge in [-0.25, -0.2) is 18.4 Å². The maximum atomic E-state index is 13.7. The highest BCUT2D eigenvalue weighted by molar-refractivity contribution is 7.92. The van der Waals surface area contributed by atoms with Gasteiger partial charge in [0.25, 0.3) is 10.0 Å². The van der Waals surface area contributed by atoms with Crippen molar-refractivity contribution in [1.82, 2.24) is 19.8 Å². The molecule has 13 heteroatoms. The Hall–Kier alpha value is -4.46. The fourth-order valence-electron chi connectivity index (χ4n) is 6.23. The molecule has 2 fully saturated rings. The third kappa shape index (κ3) is 8.10. The number of aromatic nitrogens is 2. The van der Waals surface area contributed by atoms with Gasteiger partial charge in [-0.1, -0.05) is 24.6 Å². The van der Waals surface area contributed by atoms with Gasteiger partial charge in [-0.2, -0.15) is 0 Å². The van der Waals surface area contributed by atoms with E-state index in [-0.39, 0.29) is 29.0 Å². The van der Waals surface area contributed by atoms with Gasteiger partial charge < -0.3 is 25.0 Å². The highest BCUT2D eigenvalue weighted by Gasteiger charge is 2.26. The SMILES string of the molecule is COc1cc(Nc2nc3ccccc3nc2NS(=O)(=O)c2cccc(NC(=O)CN3CCC(N4CCCCC4)CC3)c2)cc(OC)c1. The first-order valence-electron chi connectivity index (χ1n) is 16.0. The molecule has 3 heterocycles. The summed E-state index contributed by atoms with van der Waals surface area (Å²) >= 11 is 0. The van der Waals surface area contributed by atoms with E-state index in [0.717, 1.165) is 25.9 Å². The number of methoxy groups -OCH3 is 2. The van der Waals surface area contributed by atoms with Gasteiger partial charge in [-0.3, -0.25) is 14.4 Å². The zero-order chi connectivity index (χ0) is 32.8. The summed E-state index contributed by atoms with van der Waals surface area (Å²) in [7, 11) is -1.04. The summed E-state index contributed by atoms with van der Waals surface area (Å²) in [5.41, 5.74) is 2.05. The zero-order valence-electron chi connectivity index (χ0n) is 26.7. The number of carbonyl (C=O) groups is 1. The minimum absolute atomic E-state index is 0.00730. The lowest BCUT2D eigenvalue weighted by molar-refractivity contribution is -0.117. The Bertz CT molecular complexity index is 1800. The van der Waals surface area contributed by atoms with Gasteiger partial charge in [0, 0.05) is 48.7 Å². The molecule has 0 atom stereocenters. The molecule has 0 aliphatic carbocycles. The predicted octanol–water partition coefficient (Wildman–Crippen LogP) is 5.08. The van der Waals surface area contributed by atoms with Crippen molar-refractivity contribution in [3.63, 3.8) is 0 Å². The van der Waals surface area contributed by atoms with Crippen molar-refractivity contribution in [1.29, 1.82) is 0 Å². The van der Waals surface area contributed by atoms with Crippen LogP contribution in [0.1, 0.15) is 32.1 Å². The van der Waals surface area contributed by atoms with Crippen molar-refractivity contribution in [3.8, 4) is 11.5 Å². The lowest BCUT2D eigenvalue weighted by Gasteiger charge is -2.40. The molecular formula is C34H41N7O5S. The quantitative estimate of drug-likeness (QED) is 0.200. The molecular weight excluding hydrogens is 618 g/mol. The number of hydrogen-bond acceptors (Lipinski definition) is 10. The average Bonchev–Trinajstić information content (AvgIpc) is 3.09. The van der Waals surface area contributed by atoms with Crippen LogP contribution in [0.25, 0.3) is 11.0 Å². The summed E-state index contributed by atoms with van der Waals surface area (Å²) in [5, 5.41) is 6.04. The molecule has 0 saturated carbocycles. The van der Waals surface area contributed by atoms with Crippen LogP contribution in [0.15, 0.2) is 71.6 Å². The Morgan fingerprint density at radius 2 is 1.47 bits per heavy atom. The minimum atomic E-state index is -4.13. The first-order valence-corrected chi connectivity index (χ1v) is 17.4. The smallest absolute Gasteiger partial charge is 0.263 e. The lowest BCUT2D eigenvalue weighted by Crippen LogP contribution is -2.48. The minimum Gasteiger partial charge on any atom is -0.497 e. The number of anilines is 4. The van der Waals surface area contributed by atoms with Gasteiger partial charge in [0.15, 0.2) is 11.6 Å². The van der Waals surface area contributed by atoms with E-state index in [4.69, 9.17) is 9.47 Å². The summed E-state index contributed by atoms with van der Waals surface area (Å²) in [4.78, 5) is 27.0. The molecule has 2 saturated heterocycles. The van der Waals surface area contributed by atoms with Gasteiger partial charge in [-0.05, 0) is 69.1 Å². The fourth-order valence-corrected chi connectivity index (χ4v) is 7.29. The van der Waals surface area contributed by atoms with E-state index in [0.29, 0.717) is 39.9 Å². The van der Waals surface area contributed by atoms with Crippen LogP contribution in [-0.2, 0) is 14.8 Å². The number of hydrogen-bond donors (Lipinski definition) is 3. The van der Waals surface area contributed by atoms with E-state index in [9.17, 15) is 13.2 Å². The first kappa shape index (κ1) is 32.5. The van der Waals surface area contributed by atoms with Gasteiger partial charge in [0.1, 0.15) is 11.5 Å². The van der Waals surface area contributed by atoms with Crippen LogP contribution in [0.3, 0.4) is 0 Å². The van der Waals surface area contributed by atoms with Crippen LogP contribution < -0.4 is 24.8 Å². The lowest BCUT2D eigenvalue weighted by atomic mass is 10.00. The maximum absolute atomic E-state index is 13.7. The molecule has 248 valence electrons. The zero-order valence-corrected chi connectivity index (χ0v) is 27.6. The molecule has 6 rings (SSSR count). The summed E-state index contributed by atoms with van der Waals surface area (Å²) in [6.07, 6.45) is 6.00. The Balaban J connectivity index is 1.15. The molecule has 2 aliphatic heterocycles. The number of nitrogens with one attached hydrogen (secondary N) is 3. The summed E-state index contributed by atoms with van der Waals surface area (Å²) < 4.78 is 40.7. The van der Waals surface area contributed by atoms with Gasteiger partial charge >= 0.3 is 0 Å². The highest BCUT2D eigenvalue weighted by atomic mass is 32.2. The van der Waals surface area contributed by atoms with E-state index >= 15 is 0 Å². The van der Waals surface area contributed by atoms with Crippen LogP contribution in [0.2, 0.25) is 0 Å². The van der Waals surface area contributed by atoms with Gasteiger partial charge in [0.2, 0.25) is 5.91 Å². The normalized spacial score (nSPS) is 16.5. The predicted molar refractivity (Wildman–Crippen MR) is 183 cm³/mol. The topological polar surface area (TPSA) is 138 Å². The van der Waals surface area contributed by atoms with Gasteiger partial charge in [-0.15, -0.1) is 0 Å². The standard InChI is InChI=1S/C34H41N7O5S/c1-45-27-19-25(20-28(22-27)46-2)36-33-34(38-31-12-5-4-11-30(31)37-33)39-47(43,44)29-10-8-9-24(21-29)35-32(42)23-40-17-13-26(14-18-40)41-15-6-3-7-16-41/h4-5,8-12,19-22,26H,3,6-7,13-18,23H2,1-2H3,(H,35,42)(H,36,37)(H,38,39). The molecule has 4 aromatic rings. The van der Waals surface area contributed by atoms with E-state index in [1.165, 1.54) is 44.5 Å². The van der Waals surface area contributed by atoms with Crippen LogP contribution in [0.5, 0.6) is 11.5 Å². The number of carbonyl (C=O) groups excluding carboxylic acids is 1.